The molecule has 1 aliphatic rings. The first-order valence-corrected chi connectivity index (χ1v) is 28.1. The van der Waals surface area contributed by atoms with Crippen LogP contribution in [-0.4, -0.2) is 111 Å². The van der Waals surface area contributed by atoms with Crippen LogP contribution in [-0.2, 0) is 0 Å². The number of aromatic nitrogens is 4. The quantitative estimate of drug-likeness (QED) is 0.0338. The molecule has 0 spiro atoms. The first-order valence-electron chi connectivity index (χ1n) is 28.1. The highest BCUT2D eigenvalue weighted by atomic mass is 16.5. The van der Waals surface area contributed by atoms with Crippen molar-refractivity contribution in [1.29, 1.82) is 0 Å². The van der Waals surface area contributed by atoms with Gasteiger partial charge in [0.05, 0.1) is 55.5 Å². The van der Waals surface area contributed by atoms with Gasteiger partial charge in [0.1, 0.15) is 49.3 Å². The molecule has 402 valence electrons. The van der Waals surface area contributed by atoms with Crippen molar-refractivity contribution in [3.8, 4) is 23.0 Å². The summed E-state index contributed by atoms with van der Waals surface area (Å²) in [6, 6.07) is 51.6. The topological polar surface area (TPSA) is 100 Å². The third-order valence-electron chi connectivity index (χ3n) is 14.2. The van der Waals surface area contributed by atoms with Gasteiger partial charge in [0.2, 0.25) is 0 Å². The largest absolute Gasteiger partial charge is 0.494 e. The van der Waals surface area contributed by atoms with Crippen molar-refractivity contribution in [2.75, 3.05) is 81.8 Å². The second kappa shape index (κ2) is 25.2. The number of benzene rings is 4. The number of nitrogens with zero attached hydrogens (tertiary/aromatic N) is 2. The van der Waals surface area contributed by atoms with Crippen molar-refractivity contribution in [1.82, 2.24) is 19.9 Å². The molecule has 9 rings (SSSR count). The molecule has 77 heavy (non-hydrogen) atoms. The molecule has 4 N–H and O–H groups in total. The van der Waals surface area contributed by atoms with Gasteiger partial charge < -0.3 is 47.8 Å². The van der Waals surface area contributed by atoms with Crippen LogP contribution in [0.4, 0.5) is 0 Å². The molecule has 10 heteroatoms. The van der Waals surface area contributed by atoms with E-state index in [9.17, 15) is 0 Å². The summed E-state index contributed by atoms with van der Waals surface area (Å²) in [5.41, 5.74) is 12.2. The first-order chi connectivity index (χ1) is 37.3. The van der Waals surface area contributed by atoms with E-state index in [4.69, 9.17) is 18.9 Å². The van der Waals surface area contributed by atoms with E-state index >= 15 is 0 Å². The van der Waals surface area contributed by atoms with Gasteiger partial charge in [0, 0.05) is 66.5 Å². The fourth-order valence-corrected chi connectivity index (χ4v) is 10.0. The zero-order chi connectivity index (χ0) is 53.8. The summed E-state index contributed by atoms with van der Waals surface area (Å²) in [7, 11) is 13.1. The van der Waals surface area contributed by atoms with Crippen molar-refractivity contribution in [2.45, 2.75) is 71.6 Å². The summed E-state index contributed by atoms with van der Waals surface area (Å²) < 4.78 is 27.0. The smallest absolute Gasteiger partial charge is 0.137 e. The molecule has 1 aliphatic heterocycles. The maximum absolute atomic E-state index is 6.45. The Labute approximate surface area is 456 Å². The maximum atomic E-state index is 6.45. The molecule has 0 unspecified atom stereocenters. The van der Waals surface area contributed by atoms with E-state index in [1.165, 1.54) is 44.9 Å². The molecule has 0 atom stereocenters. The predicted molar refractivity (Wildman–Crippen MR) is 315 cm³/mol. The standard InChI is InChI=1S/C67H82N6O4/c1-9-11-12-13-14-15-16-17-43-75-52-28-24-48(25-29-52)64-56-32-36-60(68-56)66(50-20-18-22-54(46-50)74-42-10-2)61-37-33-58(69-61)65(49-26-30-53(31-27-49)76-44-40-72(3,4)5)59-35-39-63(71-59)67(62-38-34-57(64)70-62)51-21-19-23-55(47-51)77-45-41-73(6,7)8/h18-39,46-47,68-71H,9-17,40-45H2,1-8H3/q+2. The number of hydrogen-bond donors (Lipinski definition) is 4. The number of unbranched alkanes of at least 4 members (excludes halogenated alkanes) is 7. The van der Waals surface area contributed by atoms with Crippen molar-refractivity contribution < 1.29 is 27.9 Å². The highest BCUT2D eigenvalue weighted by Crippen LogP contribution is 2.31. The van der Waals surface area contributed by atoms with Crippen LogP contribution >= 0.6 is 0 Å². The summed E-state index contributed by atoms with van der Waals surface area (Å²) in [6.45, 7) is 8.78. The lowest BCUT2D eigenvalue weighted by Crippen LogP contribution is -2.38. The highest BCUT2D eigenvalue weighted by molar-refractivity contribution is 5.85. The van der Waals surface area contributed by atoms with Crippen molar-refractivity contribution >= 4 is 22.3 Å². The third kappa shape index (κ3) is 14.4. The van der Waals surface area contributed by atoms with Crippen molar-refractivity contribution in [3.63, 3.8) is 0 Å². The molecule has 8 bridgehead atoms. The Balaban J connectivity index is 1.21. The van der Waals surface area contributed by atoms with Crippen molar-refractivity contribution in [3.05, 3.63) is 212 Å². The van der Waals surface area contributed by atoms with E-state index in [0.717, 1.165) is 147 Å². The summed E-state index contributed by atoms with van der Waals surface area (Å²) in [4.78, 5) is 15.8. The molecule has 0 saturated heterocycles. The number of rotatable bonds is 25. The summed E-state index contributed by atoms with van der Waals surface area (Å²) in [5, 5.41) is 3.88. The molecule has 5 heterocycles. The molecular weight excluding hydrogens is 953 g/mol. The fourth-order valence-electron chi connectivity index (χ4n) is 10.0. The molecule has 4 aromatic heterocycles. The Morgan fingerprint density at radius 3 is 1.08 bits per heavy atom. The van der Waals surface area contributed by atoms with Crippen LogP contribution in [0.2, 0.25) is 0 Å². The average Bonchev–Trinajstić information content (AvgIpc) is 4.29. The predicted octanol–water partition coefficient (Wildman–Crippen LogP) is 10.8. The lowest BCUT2D eigenvalue weighted by atomic mass is 10.0. The number of aromatic amines is 4. The van der Waals surface area contributed by atoms with Crippen LogP contribution in [0.1, 0.15) is 117 Å². The van der Waals surface area contributed by atoms with Gasteiger partial charge >= 0.3 is 0 Å². The molecule has 0 radical (unpaired) electrons. The molecule has 0 amide bonds. The molecule has 10 nitrogen and oxygen atoms in total. The van der Waals surface area contributed by atoms with Gasteiger partial charge in [0.25, 0.3) is 0 Å². The van der Waals surface area contributed by atoms with Gasteiger partial charge in [-0.25, -0.2) is 0 Å². The first kappa shape index (κ1) is 54.4. The zero-order valence-corrected chi connectivity index (χ0v) is 47.0. The Morgan fingerprint density at radius 1 is 0.312 bits per heavy atom. The van der Waals surface area contributed by atoms with E-state index in [1.54, 1.807) is 0 Å². The Morgan fingerprint density at radius 2 is 0.675 bits per heavy atom. The van der Waals surface area contributed by atoms with Crippen LogP contribution in [0.3, 0.4) is 0 Å². The number of hydrogen-bond acceptors (Lipinski definition) is 4. The molecule has 0 saturated carbocycles. The lowest BCUT2D eigenvalue weighted by molar-refractivity contribution is -0.870. The Hall–Kier alpha value is -7.40. The monoisotopic (exact) mass is 1030 g/mol. The normalized spacial score (nSPS) is 12.8. The van der Waals surface area contributed by atoms with Crippen LogP contribution in [0.15, 0.2) is 146 Å². The Kier molecular flexibility index (Phi) is 17.8. The number of ether oxygens (including phenoxy) is 4. The van der Waals surface area contributed by atoms with Gasteiger partial charge in [-0.15, -0.1) is 0 Å². The van der Waals surface area contributed by atoms with Crippen LogP contribution in [0, 0.1) is 0 Å². The summed E-state index contributed by atoms with van der Waals surface area (Å²) in [5.74, 6) is 3.39. The van der Waals surface area contributed by atoms with E-state index in [-0.39, 0.29) is 0 Å². The number of H-pyrrole nitrogens is 4. The molecule has 4 aromatic carbocycles. The highest BCUT2D eigenvalue weighted by Gasteiger charge is 2.20. The van der Waals surface area contributed by atoms with Gasteiger partial charge in [0.15, 0.2) is 0 Å². The average molecular weight is 1040 g/mol. The minimum absolute atomic E-state index is 0.606. The minimum atomic E-state index is 0.606. The summed E-state index contributed by atoms with van der Waals surface area (Å²) in [6.07, 6.45) is 11.1. The van der Waals surface area contributed by atoms with E-state index in [2.05, 4.69) is 216 Å². The van der Waals surface area contributed by atoms with Crippen LogP contribution in [0.5, 0.6) is 23.0 Å². The third-order valence-corrected chi connectivity index (χ3v) is 14.2. The maximum Gasteiger partial charge on any atom is 0.137 e. The lowest BCUT2D eigenvalue weighted by Gasteiger charge is -2.23. The van der Waals surface area contributed by atoms with Gasteiger partial charge in [-0.3, -0.25) is 0 Å². The Bertz CT molecular complexity index is 3450. The zero-order valence-electron chi connectivity index (χ0n) is 47.0. The molecule has 0 fully saturated rings. The summed E-state index contributed by atoms with van der Waals surface area (Å²) >= 11 is 0. The fraction of sp³-hybridized carbons (Fsp3) is 0.343. The minimum Gasteiger partial charge on any atom is -0.494 e. The molecule has 8 aromatic rings. The number of fused-ring (bicyclic) bond motifs is 8. The van der Waals surface area contributed by atoms with Crippen LogP contribution < -0.4 is 40.3 Å². The number of likely N-dealkylation sites (N-methyl/N-ethyl adjacent to an activating group) is 2. The number of quaternary nitrogens is 2. The molecule has 0 aliphatic carbocycles. The number of nitrogens with one attached hydrogen (secondary N) is 4. The van der Waals surface area contributed by atoms with Gasteiger partial charge in [-0.05, 0) is 132 Å². The second-order valence-corrected chi connectivity index (χ2v) is 22.6. The van der Waals surface area contributed by atoms with E-state index in [0.29, 0.717) is 26.4 Å². The van der Waals surface area contributed by atoms with Gasteiger partial charge in [-0.2, -0.15) is 0 Å². The molecular formula is C67H82N6O4+2. The van der Waals surface area contributed by atoms with Crippen molar-refractivity contribution in [2.24, 2.45) is 0 Å². The second-order valence-electron chi connectivity index (χ2n) is 22.6. The van der Waals surface area contributed by atoms with Crippen LogP contribution in [0.25, 0.3) is 22.3 Å². The SMILES string of the molecule is CCCCCCCCCCOc1ccc(C2=c3ccc([nH]3)=C(c3cccc(OCC[N+](C)(C)C)c3)c3ccc([nH]3)C(c3ccc(OCC[N+](C)(C)C)cc3)=c3ccc([nH]3)=C(c3cccc(OCCC)c3)c3ccc2[nH]3)cc1. The van der Waals surface area contributed by atoms with Gasteiger partial charge in [-0.1, -0.05) is 107 Å². The van der Waals surface area contributed by atoms with E-state index in [1.807, 2.05) is 6.07 Å². The van der Waals surface area contributed by atoms with E-state index < -0.39 is 0 Å².